The van der Waals surface area contributed by atoms with Crippen LogP contribution in [0.15, 0.2) is 30.3 Å². The van der Waals surface area contributed by atoms with Crippen molar-refractivity contribution in [3.63, 3.8) is 0 Å². The Morgan fingerprint density at radius 3 is 1.18 bits per heavy atom. The van der Waals surface area contributed by atoms with Gasteiger partial charge in [-0.15, -0.1) is 0 Å². The molecule has 1 rings (SSSR count). The number of para-hydroxylation sites is 1. The summed E-state index contributed by atoms with van der Waals surface area (Å²) in [5, 5.41) is 0. The fourth-order valence-corrected chi connectivity index (χ4v) is 2.87. The molecule has 0 saturated heterocycles. The molecular weight excluding hydrogens is 512 g/mol. The molecule has 0 radical (unpaired) electrons. The highest BCUT2D eigenvalue weighted by molar-refractivity contribution is 5.69. The van der Waals surface area contributed by atoms with Crippen LogP contribution in [0.4, 0.5) is 0 Å². The maximum Gasteiger partial charge on any atom is 0.305 e. The molecule has 0 heterocycles. The first-order chi connectivity index (χ1) is 19.3. The summed E-state index contributed by atoms with van der Waals surface area (Å²) in [5.74, 6) is 0.656. The molecule has 0 bridgehead atoms. The third-order valence-corrected chi connectivity index (χ3v) is 4.79. The largest absolute Gasteiger partial charge is 0.491 e. The molecule has 0 saturated carbocycles. The van der Waals surface area contributed by atoms with E-state index in [2.05, 4.69) is 0 Å². The van der Waals surface area contributed by atoms with E-state index in [4.69, 9.17) is 47.4 Å². The van der Waals surface area contributed by atoms with Gasteiger partial charge in [0.2, 0.25) is 0 Å². The Hall–Kier alpha value is -1.83. The van der Waals surface area contributed by atoms with E-state index in [0.29, 0.717) is 119 Å². The minimum absolute atomic E-state index is 0.186. The Bertz CT molecular complexity index is 633. The van der Waals surface area contributed by atoms with Crippen molar-refractivity contribution in [2.75, 3.05) is 119 Å². The highest BCUT2D eigenvalue weighted by Crippen LogP contribution is 2.07. The topological polar surface area (TPSA) is 109 Å². The van der Waals surface area contributed by atoms with Crippen molar-refractivity contribution in [2.24, 2.45) is 0 Å². The second-order valence-electron chi connectivity index (χ2n) is 8.03. The molecule has 226 valence electrons. The molecule has 11 nitrogen and oxygen atoms in total. The van der Waals surface area contributed by atoms with Crippen LogP contribution in [-0.2, 0) is 47.4 Å². The van der Waals surface area contributed by atoms with E-state index in [1.807, 2.05) is 37.3 Å². The van der Waals surface area contributed by atoms with Gasteiger partial charge in [0.15, 0.2) is 0 Å². The van der Waals surface area contributed by atoms with Crippen LogP contribution in [0, 0.1) is 0 Å². The van der Waals surface area contributed by atoms with Crippen molar-refractivity contribution in [2.45, 2.75) is 19.8 Å². The number of benzene rings is 1. The van der Waals surface area contributed by atoms with Gasteiger partial charge >= 0.3 is 5.97 Å². The van der Waals surface area contributed by atoms with Gasteiger partial charge in [0.25, 0.3) is 0 Å². The normalized spacial score (nSPS) is 11.1. The maximum absolute atomic E-state index is 11.2. The zero-order chi connectivity index (χ0) is 27.9. The molecule has 0 N–H and O–H groups in total. The van der Waals surface area contributed by atoms with E-state index in [0.717, 1.165) is 12.2 Å². The molecule has 39 heavy (non-hydrogen) atoms. The van der Waals surface area contributed by atoms with Crippen molar-refractivity contribution < 1.29 is 52.2 Å². The van der Waals surface area contributed by atoms with Crippen molar-refractivity contribution in [1.29, 1.82) is 0 Å². The summed E-state index contributed by atoms with van der Waals surface area (Å²) < 4.78 is 54.0. The lowest BCUT2D eigenvalue weighted by molar-refractivity contribution is -0.145. The number of hydrogen-bond donors (Lipinski definition) is 0. The van der Waals surface area contributed by atoms with Gasteiger partial charge in [-0.05, 0) is 18.6 Å². The molecule has 0 unspecified atom stereocenters. The lowest BCUT2D eigenvalue weighted by Crippen LogP contribution is -2.15. The minimum Gasteiger partial charge on any atom is -0.491 e. The van der Waals surface area contributed by atoms with Crippen LogP contribution in [0.5, 0.6) is 5.75 Å². The first kappa shape index (κ1) is 35.2. The van der Waals surface area contributed by atoms with Gasteiger partial charge in [-0.3, -0.25) is 4.79 Å². The SMILES string of the molecule is CCCC(=O)OCCOCCOCCOCCOCCOCCOCCOCCOCCOc1ccccc1. The van der Waals surface area contributed by atoms with Crippen molar-refractivity contribution in [1.82, 2.24) is 0 Å². The Morgan fingerprint density at radius 2 is 0.821 bits per heavy atom. The summed E-state index contributed by atoms with van der Waals surface area (Å²) in [4.78, 5) is 11.2. The van der Waals surface area contributed by atoms with Crippen LogP contribution in [0.2, 0.25) is 0 Å². The highest BCUT2D eigenvalue weighted by Gasteiger charge is 2.00. The van der Waals surface area contributed by atoms with E-state index in [1.54, 1.807) is 0 Å². The average molecular weight is 561 g/mol. The van der Waals surface area contributed by atoms with E-state index in [-0.39, 0.29) is 12.6 Å². The van der Waals surface area contributed by atoms with Gasteiger partial charge in [-0.2, -0.15) is 0 Å². The zero-order valence-electron chi connectivity index (χ0n) is 23.5. The molecule has 0 amide bonds. The van der Waals surface area contributed by atoms with Gasteiger partial charge in [0.1, 0.15) is 19.0 Å². The second-order valence-corrected chi connectivity index (χ2v) is 8.03. The van der Waals surface area contributed by atoms with Crippen molar-refractivity contribution in [3.05, 3.63) is 30.3 Å². The second kappa shape index (κ2) is 29.2. The molecule has 11 heteroatoms. The number of hydrogen-bond acceptors (Lipinski definition) is 11. The van der Waals surface area contributed by atoms with Crippen LogP contribution < -0.4 is 4.74 Å². The zero-order valence-corrected chi connectivity index (χ0v) is 23.5. The Kier molecular flexibility index (Phi) is 26.3. The van der Waals surface area contributed by atoms with Gasteiger partial charge in [0.05, 0.1) is 106 Å². The Labute approximate surface area is 233 Å². The van der Waals surface area contributed by atoms with E-state index in [1.165, 1.54) is 0 Å². The molecule has 0 fully saturated rings. The number of carbonyl (C=O) groups excluding carboxylic acids is 1. The fraction of sp³-hybridized carbons (Fsp3) is 0.750. The predicted octanol–water partition coefficient (Wildman–Crippen LogP) is 2.54. The summed E-state index contributed by atoms with van der Waals surface area (Å²) in [6.07, 6.45) is 1.23. The minimum atomic E-state index is -0.186. The maximum atomic E-state index is 11.2. The smallest absolute Gasteiger partial charge is 0.305 e. The molecule has 0 aliphatic carbocycles. The van der Waals surface area contributed by atoms with Crippen LogP contribution in [0.25, 0.3) is 0 Å². The predicted molar refractivity (Wildman–Crippen MR) is 144 cm³/mol. The van der Waals surface area contributed by atoms with Crippen molar-refractivity contribution in [3.8, 4) is 5.75 Å². The van der Waals surface area contributed by atoms with Crippen LogP contribution in [-0.4, -0.2) is 125 Å². The Morgan fingerprint density at radius 1 is 0.487 bits per heavy atom. The van der Waals surface area contributed by atoms with Crippen LogP contribution in [0.3, 0.4) is 0 Å². The van der Waals surface area contributed by atoms with Crippen LogP contribution in [0.1, 0.15) is 19.8 Å². The van der Waals surface area contributed by atoms with E-state index >= 15 is 0 Å². The number of rotatable bonds is 30. The van der Waals surface area contributed by atoms with Gasteiger partial charge < -0.3 is 47.4 Å². The fourth-order valence-electron chi connectivity index (χ4n) is 2.87. The third-order valence-electron chi connectivity index (χ3n) is 4.79. The van der Waals surface area contributed by atoms with E-state index in [9.17, 15) is 4.79 Å². The van der Waals surface area contributed by atoms with Gasteiger partial charge in [-0.1, -0.05) is 25.1 Å². The molecule has 0 aromatic heterocycles. The molecular formula is C28H48O11. The molecule has 0 atom stereocenters. The van der Waals surface area contributed by atoms with E-state index < -0.39 is 0 Å². The molecule has 0 aliphatic heterocycles. The monoisotopic (exact) mass is 560 g/mol. The molecule has 0 aliphatic rings. The van der Waals surface area contributed by atoms with Gasteiger partial charge in [0, 0.05) is 6.42 Å². The summed E-state index contributed by atoms with van der Waals surface area (Å²) in [7, 11) is 0. The molecule has 1 aromatic rings. The molecule has 0 spiro atoms. The van der Waals surface area contributed by atoms with Gasteiger partial charge in [-0.25, -0.2) is 0 Å². The van der Waals surface area contributed by atoms with Crippen molar-refractivity contribution >= 4 is 5.97 Å². The third kappa shape index (κ3) is 26.2. The first-order valence-corrected chi connectivity index (χ1v) is 13.8. The summed E-state index contributed by atoms with van der Waals surface area (Å²) in [5.41, 5.74) is 0. The summed E-state index contributed by atoms with van der Waals surface area (Å²) in [6.45, 7) is 10.6. The number of esters is 1. The quantitative estimate of drug-likeness (QED) is 0.102. The first-order valence-electron chi connectivity index (χ1n) is 13.8. The standard InChI is InChI=1S/C28H48O11/c1-2-6-28(29)39-26-24-37-22-20-35-18-16-33-14-12-31-10-9-30-11-13-32-15-17-34-19-21-36-23-25-38-27-7-4-3-5-8-27/h3-5,7-8H,2,6,9-26H2,1H3. The number of ether oxygens (including phenoxy) is 10. The highest BCUT2D eigenvalue weighted by atomic mass is 16.6. The molecule has 1 aromatic carbocycles. The summed E-state index contributed by atoms with van der Waals surface area (Å²) >= 11 is 0. The summed E-state index contributed by atoms with van der Waals surface area (Å²) in [6, 6.07) is 9.66. The lowest BCUT2D eigenvalue weighted by atomic mass is 10.3. The van der Waals surface area contributed by atoms with Crippen LogP contribution >= 0.6 is 0 Å². The lowest BCUT2D eigenvalue weighted by Gasteiger charge is -2.09. The average Bonchev–Trinajstić information content (AvgIpc) is 2.95. The number of carbonyl (C=O) groups is 1. The Balaban J connectivity index is 1.64.